The van der Waals surface area contributed by atoms with Crippen molar-refractivity contribution in [3.8, 4) is 0 Å². The van der Waals surface area contributed by atoms with Crippen LogP contribution in [0.15, 0.2) is 47.4 Å². The van der Waals surface area contributed by atoms with Crippen LogP contribution in [0.1, 0.15) is 5.56 Å². The van der Waals surface area contributed by atoms with Crippen LogP contribution in [0, 0.1) is 13.7 Å². The summed E-state index contributed by atoms with van der Waals surface area (Å²) < 4.78 is 38.8. The number of carbonyl (C=O) groups excluding carboxylic acids is 1. The van der Waals surface area contributed by atoms with Gasteiger partial charge in [0.25, 0.3) is 5.69 Å². The molecule has 0 spiro atoms. The average Bonchev–Trinajstić information content (AvgIpc) is 2.54. The van der Waals surface area contributed by atoms with E-state index in [0.717, 1.165) is 27.5 Å². The number of nitrogens with one attached hydrogen (secondary N) is 1. The van der Waals surface area contributed by atoms with Crippen LogP contribution in [-0.2, 0) is 11.0 Å². The number of rotatable bonds is 5. The first kappa shape index (κ1) is 19.5. The van der Waals surface area contributed by atoms with Crippen molar-refractivity contribution in [3.63, 3.8) is 0 Å². The van der Waals surface area contributed by atoms with Crippen LogP contribution in [0.3, 0.4) is 0 Å². The second kappa shape index (κ2) is 8.04. The van der Waals surface area contributed by atoms with Gasteiger partial charge in [0.1, 0.15) is 0 Å². The van der Waals surface area contributed by atoms with Crippen LogP contribution >= 0.6 is 34.4 Å². The number of benzene rings is 2. The lowest BCUT2D eigenvalue weighted by molar-refractivity contribution is -0.388. The van der Waals surface area contributed by atoms with Gasteiger partial charge in [-0.15, -0.1) is 11.8 Å². The molecule has 0 atom stereocenters. The van der Waals surface area contributed by atoms with Crippen molar-refractivity contribution in [2.24, 2.45) is 0 Å². The van der Waals surface area contributed by atoms with Crippen molar-refractivity contribution in [2.75, 3.05) is 11.1 Å². The number of halogens is 4. The smallest absolute Gasteiger partial charge is 0.324 e. The summed E-state index contributed by atoms with van der Waals surface area (Å²) >= 11 is 2.85. The van der Waals surface area contributed by atoms with Crippen molar-refractivity contribution in [1.29, 1.82) is 0 Å². The Labute approximate surface area is 158 Å². The van der Waals surface area contributed by atoms with Gasteiger partial charge in [-0.1, -0.05) is 12.1 Å². The monoisotopic (exact) mass is 482 g/mol. The molecule has 1 amide bonds. The fourth-order valence-corrected chi connectivity index (χ4v) is 3.18. The number of carbonyl (C=O) groups is 1. The first-order valence-corrected chi connectivity index (χ1v) is 8.77. The molecule has 0 bridgehead atoms. The fourth-order valence-electron chi connectivity index (χ4n) is 1.85. The van der Waals surface area contributed by atoms with Gasteiger partial charge in [-0.3, -0.25) is 14.9 Å². The number of hydrogen-bond acceptors (Lipinski definition) is 4. The zero-order valence-electron chi connectivity index (χ0n) is 12.3. The number of amides is 1. The third-order valence-corrected chi connectivity index (χ3v) is 4.99. The molecule has 0 heterocycles. The predicted molar refractivity (Wildman–Crippen MR) is 96.6 cm³/mol. The molecular formula is C15H10F3IN2O3S. The third kappa shape index (κ3) is 5.33. The maximum atomic E-state index is 12.7. The Balaban J connectivity index is 2.11. The molecule has 0 aliphatic heterocycles. The van der Waals surface area contributed by atoms with E-state index in [1.807, 2.05) is 22.6 Å². The molecule has 0 aliphatic rings. The van der Waals surface area contributed by atoms with Gasteiger partial charge in [-0.2, -0.15) is 13.2 Å². The van der Waals surface area contributed by atoms with E-state index in [1.54, 1.807) is 24.3 Å². The van der Waals surface area contributed by atoms with Gasteiger partial charge in [0, 0.05) is 9.64 Å². The molecule has 0 aliphatic carbocycles. The highest BCUT2D eigenvalue weighted by molar-refractivity contribution is 14.1. The van der Waals surface area contributed by atoms with Crippen LogP contribution in [-0.4, -0.2) is 16.6 Å². The molecule has 1 N–H and O–H groups in total. The Morgan fingerprint density at radius 2 is 1.92 bits per heavy atom. The number of anilines is 1. The van der Waals surface area contributed by atoms with E-state index in [4.69, 9.17) is 0 Å². The molecule has 5 nitrogen and oxygen atoms in total. The van der Waals surface area contributed by atoms with Crippen LogP contribution in [0.4, 0.5) is 24.5 Å². The number of nitrogens with zero attached hydrogens (tertiary/aromatic N) is 1. The molecule has 2 aromatic rings. The summed E-state index contributed by atoms with van der Waals surface area (Å²) in [6.45, 7) is 0. The summed E-state index contributed by atoms with van der Waals surface area (Å²) in [6, 6.07) is 9.28. The highest BCUT2D eigenvalue weighted by Crippen LogP contribution is 2.36. The van der Waals surface area contributed by atoms with Crippen LogP contribution in [0.2, 0.25) is 0 Å². The zero-order chi connectivity index (χ0) is 18.6. The lowest BCUT2D eigenvalue weighted by Gasteiger charge is -2.09. The van der Waals surface area contributed by atoms with E-state index >= 15 is 0 Å². The van der Waals surface area contributed by atoms with Crippen LogP contribution in [0.5, 0.6) is 0 Å². The second-order valence-electron chi connectivity index (χ2n) is 4.75. The van der Waals surface area contributed by atoms with Gasteiger partial charge in [0.05, 0.1) is 26.8 Å². The van der Waals surface area contributed by atoms with Gasteiger partial charge < -0.3 is 5.32 Å². The normalized spacial score (nSPS) is 11.2. The van der Waals surface area contributed by atoms with E-state index in [0.29, 0.717) is 11.8 Å². The molecule has 0 saturated carbocycles. The number of nitro benzene ring substituents is 1. The highest BCUT2D eigenvalue weighted by Gasteiger charge is 2.33. The molecule has 2 rings (SSSR count). The lowest BCUT2D eigenvalue weighted by Crippen LogP contribution is -2.15. The number of alkyl halides is 3. The molecular weight excluding hydrogens is 472 g/mol. The zero-order valence-corrected chi connectivity index (χ0v) is 15.3. The van der Waals surface area contributed by atoms with E-state index in [1.165, 1.54) is 0 Å². The van der Waals surface area contributed by atoms with Crippen LogP contribution < -0.4 is 5.32 Å². The van der Waals surface area contributed by atoms with Gasteiger partial charge in [-0.05, 0) is 46.9 Å². The summed E-state index contributed by atoms with van der Waals surface area (Å²) in [7, 11) is 0. The van der Waals surface area contributed by atoms with E-state index in [-0.39, 0.29) is 10.6 Å². The molecule has 132 valence electrons. The van der Waals surface area contributed by atoms with Crippen LogP contribution in [0.25, 0.3) is 0 Å². The predicted octanol–water partition coefficient (Wildman–Crippen LogP) is 4.95. The minimum atomic E-state index is -4.67. The van der Waals surface area contributed by atoms with E-state index in [9.17, 15) is 28.1 Å². The first-order valence-electron chi connectivity index (χ1n) is 6.71. The standard InChI is InChI=1S/C15H10F3IN2O3S/c16-15(17,18)9-5-6-13(12(7-9)21(23)24)25-8-14(22)20-11-4-2-1-3-10(11)19/h1-7H,8H2,(H,20,22). The molecule has 0 aromatic heterocycles. The molecule has 0 fully saturated rings. The van der Waals surface area contributed by atoms with Gasteiger partial charge in [-0.25, -0.2) is 0 Å². The maximum Gasteiger partial charge on any atom is 0.416 e. The molecule has 2 aromatic carbocycles. The Bertz CT molecular complexity index is 815. The number of hydrogen-bond donors (Lipinski definition) is 1. The summed E-state index contributed by atoms with van der Waals surface area (Å²) in [5, 5.41) is 13.7. The topological polar surface area (TPSA) is 72.2 Å². The van der Waals surface area contributed by atoms with Gasteiger partial charge in [0.2, 0.25) is 5.91 Å². The van der Waals surface area contributed by atoms with Crippen molar-refractivity contribution in [2.45, 2.75) is 11.1 Å². The van der Waals surface area contributed by atoms with Gasteiger partial charge in [0.15, 0.2) is 0 Å². The quantitative estimate of drug-likeness (QED) is 0.284. The molecule has 25 heavy (non-hydrogen) atoms. The Morgan fingerprint density at radius 3 is 2.52 bits per heavy atom. The number of thioether (sulfide) groups is 1. The molecule has 0 saturated heterocycles. The van der Waals surface area contributed by atoms with E-state index in [2.05, 4.69) is 5.32 Å². The Hall–Kier alpha value is -1.82. The minimum Gasteiger partial charge on any atom is -0.324 e. The summed E-state index contributed by atoms with van der Waals surface area (Å²) in [5.41, 5.74) is -1.19. The summed E-state index contributed by atoms with van der Waals surface area (Å²) in [4.78, 5) is 22.1. The van der Waals surface area contributed by atoms with E-state index < -0.39 is 28.3 Å². The average molecular weight is 482 g/mol. The lowest BCUT2D eigenvalue weighted by atomic mass is 10.2. The summed E-state index contributed by atoms with van der Waals surface area (Å²) in [5.74, 6) is -0.583. The number of nitro groups is 1. The largest absolute Gasteiger partial charge is 0.416 e. The second-order valence-corrected chi connectivity index (χ2v) is 6.93. The Morgan fingerprint density at radius 1 is 1.24 bits per heavy atom. The summed E-state index contributed by atoms with van der Waals surface area (Å²) in [6.07, 6.45) is -4.67. The highest BCUT2D eigenvalue weighted by atomic mass is 127. The minimum absolute atomic E-state index is 0.00379. The Kier molecular flexibility index (Phi) is 6.27. The molecule has 10 heteroatoms. The molecule has 0 radical (unpaired) electrons. The number of para-hydroxylation sites is 1. The fraction of sp³-hybridized carbons (Fsp3) is 0.133. The maximum absolute atomic E-state index is 12.7. The first-order chi connectivity index (χ1) is 11.7. The van der Waals surface area contributed by atoms with Crippen molar-refractivity contribution in [1.82, 2.24) is 0 Å². The third-order valence-electron chi connectivity index (χ3n) is 2.99. The van der Waals surface area contributed by atoms with Crippen molar-refractivity contribution in [3.05, 3.63) is 61.7 Å². The van der Waals surface area contributed by atoms with Crippen molar-refractivity contribution < 1.29 is 22.9 Å². The van der Waals surface area contributed by atoms with Gasteiger partial charge >= 0.3 is 6.18 Å². The SMILES string of the molecule is O=C(CSc1ccc(C(F)(F)F)cc1[N+](=O)[O-])Nc1ccccc1I. The van der Waals surface area contributed by atoms with Crippen molar-refractivity contribution >= 4 is 51.6 Å². The molecule has 0 unspecified atom stereocenters.